The van der Waals surface area contributed by atoms with Crippen LogP contribution in [0.4, 0.5) is 5.69 Å². The summed E-state index contributed by atoms with van der Waals surface area (Å²) in [6.07, 6.45) is 0. The first-order chi connectivity index (χ1) is 10.7. The lowest BCUT2D eigenvalue weighted by atomic mass is 10.3. The maximum Gasteiger partial charge on any atom is 0.261 e. The van der Waals surface area contributed by atoms with E-state index in [1.807, 2.05) is 42.8 Å². The van der Waals surface area contributed by atoms with E-state index in [1.165, 1.54) is 11.3 Å². The molecule has 1 heterocycles. The molecule has 0 radical (unpaired) electrons. The minimum atomic E-state index is -0.216. The fourth-order valence-corrected chi connectivity index (χ4v) is 2.53. The third-order valence-electron chi connectivity index (χ3n) is 3.12. The second-order valence-corrected chi connectivity index (χ2v) is 5.71. The highest BCUT2D eigenvalue weighted by Crippen LogP contribution is 2.09. The zero-order chi connectivity index (χ0) is 15.8. The largest absolute Gasteiger partial charge is 0.373 e. The first-order valence-electron chi connectivity index (χ1n) is 7.01. The Morgan fingerprint density at radius 1 is 1.09 bits per heavy atom. The Morgan fingerprint density at radius 2 is 1.86 bits per heavy atom. The molecular formula is C16H19N3O2S. The molecule has 0 fully saturated rings. The van der Waals surface area contributed by atoms with Gasteiger partial charge in [-0.1, -0.05) is 24.3 Å². The quantitative estimate of drug-likeness (QED) is 0.817. The minimum absolute atomic E-state index is 0.00815. The summed E-state index contributed by atoms with van der Waals surface area (Å²) in [4.78, 5) is 26.1. The first-order valence-corrected chi connectivity index (χ1v) is 7.89. The number of hydrogen-bond donors (Lipinski definition) is 2. The fraction of sp³-hybridized carbons (Fsp3) is 0.250. The average Bonchev–Trinajstić information content (AvgIpc) is 3.08. The van der Waals surface area contributed by atoms with Crippen LogP contribution in [0.3, 0.4) is 0 Å². The molecule has 6 heteroatoms. The Balaban J connectivity index is 1.65. The summed E-state index contributed by atoms with van der Waals surface area (Å²) in [6.45, 7) is 1.22. The molecule has 0 saturated heterocycles. The lowest BCUT2D eigenvalue weighted by Gasteiger charge is -2.19. The van der Waals surface area contributed by atoms with Gasteiger partial charge < -0.3 is 15.5 Å². The number of carbonyl (C=O) groups excluding carboxylic acids is 2. The highest BCUT2D eigenvalue weighted by atomic mass is 32.1. The van der Waals surface area contributed by atoms with Crippen LogP contribution in [0.2, 0.25) is 0 Å². The number of rotatable bonds is 7. The Hall–Kier alpha value is -2.34. The van der Waals surface area contributed by atoms with E-state index >= 15 is 0 Å². The van der Waals surface area contributed by atoms with E-state index in [0.29, 0.717) is 18.0 Å². The molecule has 0 aliphatic carbocycles. The summed E-state index contributed by atoms with van der Waals surface area (Å²) < 4.78 is 0. The van der Waals surface area contributed by atoms with Gasteiger partial charge >= 0.3 is 0 Å². The molecule has 1 aromatic heterocycles. The molecule has 0 aliphatic rings. The lowest BCUT2D eigenvalue weighted by molar-refractivity contribution is -0.120. The van der Waals surface area contributed by atoms with Crippen molar-refractivity contribution in [3.63, 3.8) is 0 Å². The minimum Gasteiger partial charge on any atom is -0.373 e. The molecule has 0 atom stereocenters. The molecule has 2 aromatic rings. The van der Waals surface area contributed by atoms with E-state index < -0.39 is 0 Å². The molecule has 2 amide bonds. The zero-order valence-corrected chi connectivity index (χ0v) is 13.2. The van der Waals surface area contributed by atoms with Gasteiger partial charge in [-0.25, -0.2) is 0 Å². The Morgan fingerprint density at radius 3 is 2.55 bits per heavy atom. The van der Waals surface area contributed by atoms with Crippen LogP contribution >= 0.6 is 11.3 Å². The van der Waals surface area contributed by atoms with Gasteiger partial charge in [-0.05, 0) is 23.6 Å². The van der Waals surface area contributed by atoms with Crippen LogP contribution < -0.4 is 15.5 Å². The van der Waals surface area contributed by atoms with E-state index in [9.17, 15) is 9.59 Å². The number of nitrogens with one attached hydrogen (secondary N) is 2. The molecule has 0 unspecified atom stereocenters. The number of nitrogens with zero attached hydrogens (tertiary/aromatic N) is 1. The van der Waals surface area contributed by atoms with Gasteiger partial charge in [0, 0.05) is 25.8 Å². The highest BCUT2D eigenvalue weighted by molar-refractivity contribution is 7.12. The van der Waals surface area contributed by atoms with Gasteiger partial charge in [0.05, 0.1) is 11.4 Å². The summed E-state index contributed by atoms with van der Waals surface area (Å²) in [5.74, 6) is -0.405. The van der Waals surface area contributed by atoms with Crippen molar-refractivity contribution in [3.05, 3.63) is 52.7 Å². The van der Waals surface area contributed by atoms with Crippen LogP contribution in [-0.4, -0.2) is 38.5 Å². The number of para-hydroxylation sites is 1. The van der Waals surface area contributed by atoms with Crippen LogP contribution in [0.5, 0.6) is 0 Å². The SMILES string of the molecule is CN(CCNC(=O)CNC(=O)c1cccs1)c1ccccc1. The van der Waals surface area contributed by atoms with Crippen molar-refractivity contribution >= 4 is 28.8 Å². The predicted molar refractivity (Wildman–Crippen MR) is 89.4 cm³/mol. The highest BCUT2D eigenvalue weighted by Gasteiger charge is 2.08. The lowest BCUT2D eigenvalue weighted by Crippen LogP contribution is -2.39. The molecule has 1 aromatic carbocycles. The standard InChI is InChI=1S/C16H19N3O2S/c1-19(13-6-3-2-4-7-13)10-9-17-15(20)12-18-16(21)14-8-5-11-22-14/h2-8,11H,9-10,12H2,1H3,(H,17,20)(H,18,21). The molecule has 0 aliphatic heterocycles. The number of carbonyl (C=O) groups is 2. The molecule has 0 spiro atoms. The summed E-state index contributed by atoms with van der Waals surface area (Å²) in [6, 6.07) is 13.5. The maximum absolute atomic E-state index is 11.7. The van der Waals surface area contributed by atoms with Gasteiger partial charge in [0.15, 0.2) is 0 Å². The summed E-state index contributed by atoms with van der Waals surface area (Å²) >= 11 is 1.35. The van der Waals surface area contributed by atoms with Crippen LogP contribution in [0, 0.1) is 0 Å². The monoisotopic (exact) mass is 317 g/mol. The summed E-state index contributed by atoms with van der Waals surface area (Å²) in [5, 5.41) is 7.22. The number of thiophene rings is 1. The van der Waals surface area contributed by atoms with Gasteiger partial charge in [-0.3, -0.25) is 9.59 Å². The molecule has 2 N–H and O–H groups in total. The number of likely N-dealkylation sites (N-methyl/N-ethyl adjacent to an activating group) is 1. The Bertz CT molecular complexity index is 599. The van der Waals surface area contributed by atoms with Crippen molar-refractivity contribution in [1.29, 1.82) is 0 Å². The van der Waals surface area contributed by atoms with E-state index in [0.717, 1.165) is 5.69 Å². The van der Waals surface area contributed by atoms with Crippen LogP contribution in [0.15, 0.2) is 47.8 Å². The summed E-state index contributed by atoms with van der Waals surface area (Å²) in [5.41, 5.74) is 1.10. The maximum atomic E-state index is 11.7. The normalized spacial score (nSPS) is 10.0. The van der Waals surface area contributed by atoms with Gasteiger partial charge in [0.25, 0.3) is 5.91 Å². The van der Waals surface area contributed by atoms with E-state index in [2.05, 4.69) is 15.5 Å². The fourth-order valence-electron chi connectivity index (χ4n) is 1.89. The summed E-state index contributed by atoms with van der Waals surface area (Å²) in [7, 11) is 1.97. The second-order valence-electron chi connectivity index (χ2n) is 4.77. The molecule has 0 bridgehead atoms. The van der Waals surface area contributed by atoms with Crippen LogP contribution in [0.1, 0.15) is 9.67 Å². The first kappa shape index (κ1) is 16.0. The predicted octanol–water partition coefficient (Wildman–Crippen LogP) is 1.73. The Labute approximate surface area is 134 Å². The van der Waals surface area contributed by atoms with Gasteiger partial charge in [-0.15, -0.1) is 11.3 Å². The third kappa shape index (κ3) is 4.89. The number of hydrogen-bond acceptors (Lipinski definition) is 4. The molecular weight excluding hydrogens is 298 g/mol. The van der Waals surface area contributed by atoms with Crippen LogP contribution in [-0.2, 0) is 4.79 Å². The molecule has 22 heavy (non-hydrogen) atoms. The van der Waals surface area contributed by atoms with Crippen molar-refractivity contribution < 1.29 is 9.59 Å². The van der Waals surface area contributed by atoms with Crippen molar-refractivity contribution in [1.82, 2.24) is 10.6 Å². The third-order valence-corrected chi connectivity index (χ3v) is 3.99. The van der Waals surface area contributed by atoms with Crippen molar-refractivity contribution in [2.45, 2.75) is 0 Å². The molecule has 116 valence electrons. The smallest absolute Gasteiger partial charge is 0.261 e. The van der Waals surface area contributed by atoms with Crippen molar-refractivity contribution in [2.75, 3.05) is 31.6 Å². The van der Waals surface area contributed by atoms with Crippen molar-refractivity contribution in [3.8, 4) is 0 Å². The van der Waals surface area contributed by atoms with Gasteiger partial charge in [-0.2, -0.15) is 0 Å². The molecule has 5 nitrogen and oxygen atoms in total. The Kier molecular flexibility index (Phi) is 5.97. The van der Waals surface area contributed by atoms with Gasteiger partial charge in [0.2, 0.25) is 5.91 Å². The van der Waals surface area contributed by atoms with E-state index in [1.54, 1.807) is 12.1 Å². The van der Waals surface area contributed by atoms with E-state index in [-0.39, 0.29) is 18.4 Å². The molecule has 2 rings (SSSR count). The topological polar surface area (TPSA) is 61.4 Å². The van der Waals surface area contributed by atoms with E-state index in [4.69, 9.17) is 0 Å². The average molecular weight is 317 g/mol. The number of amides is 2. The van der Waals surface area contributed by atoms with Gasteiger partial charge in [0.1, 0.15) is 0 Å². The van der Waals surface area contributed by atoms with Crippen molar-refractivity contribution in [2.24, 2.45) is 0 Å². The number of benzene rings is 1. The van der Waals surface area contributed by atoms with Crippen LogP contribution in [0.25, 0.3) is 0 Å². The second kappa shape index (κ2) is 8.19. The zero-order valence-electron chi connectivity index (χ0n) is 12.4. The number of anilines is 1. The molecule has 0 saturated carbocycles.